The Morgan fingerprint density at radius 3 is 2.43 bits per heavy atom. The fourth-order valence-electron chi connectivity index (χ4n) is 2.94. The Hall–Kier alpha value is -2.38. The molecule has 6 nitrogen and oxygen atoms in total. The van der Waals surface area contributed by atoms with Gasteiger partial charge in [-0.2, -0.15) is 8.42 Å². The van der Waals surface area contributed by atoms with Gasteiger partial charge in [-0.1, -0.05) is 23.7 Å². The molecule has 0 spiro atoms. The molecule has 2 aromatic rings. The SMILES string of the molecule is CN1CCCC1=NS(=O)(=O)c1ccc(NC(=O)CCc2ccc(Cl)cc2)cc1. The van der Waals surface area contributed by atoms with Gasteiger partial charge in [0.1, 0.15) is 5.84 Å². The second-order valence-corrected chi connectivity index (χ2v) is 8.75. The third kappa shape index (κ3) is 5.33. The Balaban J connectivity index is 1.59. The molecule has 148 valence electrons. The highest BCUT2D eigenvalue weighted by Crippen LogP contribution is 2.19. The lowest BCUT2D eigenvalue weighted by atomic mass is 10.1. The Morgan fingerprint density at radius 1 is 1.14 bits per heavy atom. The molecule has 0 unspecified atom stereocenters. The topological polar surface area (TPSA) is 78.8 Å². The summed E-state index contributed by atoms with van der Waals surface area (Å²) >= 11 is 5.85. The maximum absolute atomic E-state index is 12.4. The Bertz CT molecular complexity index is 971. The largest absolute Gasteiger partial charge is 0.362 e. The van der Waals surface area contributed by atoms with Gasteiger partial charge in [0, 0.05) is 37.1 Å². The van der Waals surface area contributed by atoms with E-state index in [0.717, 1.165) is 18.5 Å². The molecule has 0 saturated carbocycles. The molecule has 0 aliphatic carbocycles. The van der Waals surface area contributed by atoms with Crippen molar-refractivity contribution >= 4 is 39.1 Å². The van der Waals surface area contributed by atoms with E-state index < -0.39 is 10.0 Å². The van der Waals surface area contributed by atoms with Crippen molar-refractivity contribution in [3.8, 4) is 0 Å². The van der Waals surface area contributed by atoms with Crippen LogP contribution in [0.25, 0.3) is 0 Å². The van der Waals surface area contributed by atoms with Crippen molar-refractivity contribution in [2.24, 2.45) is 4.40 Å². The van der Waals surface area contributed by atoms with Crippen LogP contribution in [0.2, 0.25) is 5.02 Å². The van der Waals surface area contributed by atoms with Crippen molar-refractivity contribution in [1.82, 2.24) is 4.90 Å². The molecule has 1 N–H and O–H groups in total. The predicted molar refractivity (Wildman–Crippen MR) is 111 cm³/mol. The first kappa shape index (κ1) is 20.4. The summed E-state index contributed by atoms with van der Waals surface area (Å²) in [6.45, 7) is 0.815. The van der Waals surface area contributed by atoms with Gasteiger partial charge >= 0.3 is 0 Å². The normalized spacial score (nSPS) is 15.8. The number of rotatable bonds is 6. The third-order valence-corrected chi connectivity index (χ3v) is 6.12. The van der Waals surface area contributed by atoms with Gasteiger partial charge < -0.3 is 10.2 Å². The highest BCUT2D eigenvalue weighted by molar-refractivity contribution is 7.90. The molecule has 0 aromatic heterocycles. The van der Waals surface area contributed by atoms with Crippen molar-refractivity contribution in [3.05, 3.63) is 59.1 Å². The number of carbonyl (C=O) groups is 1. The van der Waals surface area contributed by atoms with Gasteiger partial charge in [0.2, 0.25) is 5.91 Å². The first-order valence-electron chi connectivity index (χ1n) is 9.03. The van der Waals surface area contributed by atoms with E-state index in [-0.39, 0.29) is 10.8 Å². The summed E-state index contributed by atoms with van der Waals surface area (Å²) in [5.74, 6) is 0.443. The van der Waals surface area contributed by atoms with Crippen molar-refractivity contribution in [2.45, 2.75) is 30.6 Å². The Morgan fingerprint density at radius 2 is 1.82 bits per heavy atom. The molecule has 0 atom stereocenters. The minimum absolute atomic E-state index is 0.111. The fraction of sp³-hybridized carbons (Fsp3) is 0.300. The molecule has 2 aromatic carbocycles. The van der Waals surface area contributed by atoms with Crippen LogP contribution in [-0.4, -0.2) is 38.7 Å². The van der Waals surface area contributed by atoms with Crippen molar-refractivity contribution in [1.29, 1.82) is 0 Å². The number of anilines is 1. The number of sulfonamides is 1. The van der Waals surface area contributed by atoms with Gasteiger partial charge in [0.15, 0.2) is 0 Å². The molecule has 1 aliphatic heterocycles. The number of amidine groups is 1. The molecular weight excluding hydrogens is 398 g/mol. The maximum atomic E-state index is 12.4. The standard InChI is InChI=1S/C20H22ClN3O3S/c1-24-14-2-3-19(24)23-28(26,27)18-11-9-17(10-12-18)22-20(25)13-6-15-4-7-16(21)8-5-15/h4-5,7-12H,2-3,6,13-14H2,1H3,(H,22,25). The van der Waals surface area contributed by atoms with E-state index in [9.17, 15) is 13.2 Å². The summed E-state index contributed by atoms with van der Waals surface area (Å²) in [5, 5.41) is 3.44. The summed E-state index contributed by atoms with van der Waals surface area (Å²) in [6.07, 6.45) is 2.49. The van der Waals surface area contributed by atoms with Crippen LogP contribution in [0.15, 0.2) is 57.8 Å². The average molecular weight is 420 g/mol. The number of benzene rings is 2. The molecule has 0 bridgehead atoms. The van der Waals surface area contributed by atoms with Crippen LogP contribution in [0.1, 0.15) is 24.8 Å². The zero-order valence-electron chi connectivity index (χ0n) is 15.6. The lowest BCUT2D eigenvalue weighted by molar-refractivity contribution is -0.116. The first-order valence-corrected chi connectivity index (χ1v) is 10.8. The van der Waals surface area contributed by atoms with E-state index in [0.29, 0.717) is 35.8 Å². The number of halogens is 1. The second-order valence-electron chi connectivity index (χ2n) is 6.71. The Kier molecular flexibility index (Phi) is 6.36. The van der Waals surface area contributed by atoms with Crippen LogP contribution in [0, 0.1) is 0 Å². The molecule has 28 heavy (non-hydrogen) atoms. The molecular formula is C20H22ClN3O3S. The summed E-state index contributed by atoms with van der Waals surface area (Å²) in [5.41, 5.74) is 1.57. The summed E-state index contributed by atoms with van der Waals surface area (Å²) < 4.78 is 28.8. The van der Waals surface area contributed by atoms with Gasteiger partial charge in [-0.25, -0.2) is 0 Å². The van der Waals surface area contributed by atoms with Crippen LogP contribution in [0.3, 0.4) is 0 Å². The number of nitrogens with zero attached hydrogens (tertiary/aromatic N) is 2. The minimum atomic E-state index is -3.75. The van der Waals surface area contributed by atoms with E-state index in [4.69, 9.17) is 11.6 Å². The molecule has 1 amide bonds. The lowest BCUT2D eigenvalue weighted by Crippen LogP contribution is -2.20. The highest BCUT2D eigenvalue weighted by atomic mass is 35.5. The fourth-order valence-corrected chi connectivity index (χ4v) is 4.16. The molecule has 0 radical (unpaired) electrons. The number of hydrogen-bond donors (Lipinski definition) is 1. The van der Waals surface area contributed by atoms with Crippen LogP contribution < -0.4 is 5.32 Å². The van der Waals surface area contributed by atoms with Crippen LogP contribution in [0.4, 0.5) is 5.69 Å². The van der Waals surface area contributed by atoms with Gasteiger partial charge in [-0.05, 0) is 54.8 Å². The van der Waals surface area contributed by atoms with Crippen molar-refractivity contribution in [2.75, 3.05) is 18.9 Å². The zero-order chi connectivity index (χ0) is 20.1. The lowest BCUT2D eigenvalue weighted by Gasteiger charge is -2.11. The minimum Gasteiger partial charge on any atom is -0.362 e. The van der Waals surface area contributed by atoms with Gasteiger partial charge in [-0.15, -0.1) is 4.40 Å². The van der Waals surface area contributed by atoms with E-state index in [1.54, 1.807) is 24.3 Å². The van der Waals surface area contributed by atoms with Gasteiger partial charge in [0.05, 0.1) is 4.90 Å². The first-order chi connectivity index (χ1) is 13.3. The quantitative estimate of drug-likeness (QED) is 0.773. The summed E-state index contributed by atoms with van der Waals surface area (Å²) in [4.78, 5) is 14.1. The average Bonchev–Trinajstić information content (AvgIpc) is 3.06. The van der Waals surface area contributed by atoms with Crippen LogP contribution >= 0.6 is 11.6 Å². The molecule has 1 aliphatic rings. The third-order valence-electron chi connectivity index (χ3n) is 4.55. The number of aryl methyl sites for hydroxylation is 1. The van der Waals surface area contributed by atoms with E-state index >= 15 is 0 Å². The summed E-state index contributed by atoms with van der Waals surface area (Å²) in [7, 11) is -1.91. The smallest absolute Gasteiger partial charge is 0.283 e. The number of nitrogens with one attached hydrogen (secondary N) is 1. The Labute approximate surface area is 170 Å². The number of likely N-dealkylation sites (tertiary alicyclic amines) is 1. The molecule has 8 heteroatoms. The maximum Gasteiger partial charge on any atom is 0.283 e. The molecule has 1 heterocycles. The van der Waals surface area contributed by atoms with Gasteiger partial charge in [0.25, 0.3) is 10.0 Å². The molecule has 1 fully saturated rings. The number of hydrogen-bond acceptors (Lipinski definition) is 3. The zero-order valence-corrected chi connectivity index (χ0v) is 17.1. The van der Waals surface area contributed by atoms with E-state index in [2.05, 4.69) is 9.71 Å². The number of carbonyl (C=O) groups excluding carboxylic acids is 1. The van der Waals surface area contributed by atoms with Crippen LogP contribution in [0.5, 0.6) is 0 Å². The van der Waals surface area contributed by atoms with E-state index in [1.165, 1.54) is 12.1 Å². The highest BCUT2D eigenvalue weighted by Gasteiger charge is 2.20. The molecule has 1 saturated heterocycles. The summed E-state index contributed by atoms with van der Waals surface area (Å²) in [6, 6.07) is 13.4. The van der Waals surface area contributed by atoms with Crippen molar-refractivity contribution < 1.29 is 13.2 Å². The monoisotopic (exact) mass is 419 g/mol. The molecule has 3 rings (SSSR count). The van der Waals surface area contributed by atoms with E-state index in [1.807, 2.05) is 24.1 Å². The van der Waals surface area contributed by atoms with Gasteiger partial charge in [-0.3, -0.25) is 4.79 Å². The number of amides is 1. The second kappa shape index (κ2) is 8.75. The predicted octanol–water partition coefficient (Wildman–Crippen LogP) is 3.72. The van der Waals surface area contributed by atoms with Crippen molar-refractivity contribution in [3.63, 3.8) is 0 Å². The van der Waals surface area contributed by atoms with Crippen LogP contribution in [-0.2, 0) is 21.2 Å².